The van der Waals surface area contributed by atoms with Crippen LogP contribution in [0.1, 0.15) is 36.6 Å². The zero-order valence-electron chi connectivity index (χ0n) is 14.4. The predicted molar refractivity (Wildman–Crippen MR) is 98.2 cm³/mol. The number of aryl methyl sites for hydroxylation is 1. The number of carbonyl (C=O) groups excluding carboxylic acids is 1. The summed E-state index contributed by atoms with van der Waals surface area (Å²) in [6.07, 6.45) is 1.76. The van der Waals surface area contributed by atoms with E-state index in [4.69, 9.17) is 4.42 Å². The van der Waals surface area contributed by atoms with Gasteiger partial charge in [-0.25, -0.2) is 0 Å². The van der Waals surface area contributed by atoms with Crippen LogP contribution < -0.4 is 0 Å². The second-order valence-electron chi connectivity index (χ2n) is 5.92. The monoisotopic (exact) mass is 355 g/mol. The smallest absolute Gasteiger partial charge is 0.247 e. The van der Waals surface area contributed by atoms with Crippen molar-refractivity contribution in [2.45, 2.75) is 32.2 Å². The van der Waals surface area contributed by atoms with Gasteiger partial charge in [-0.1, -0.05) is 24.3 Å². The van der Waals surface area contributed by atoms with Crippen LogP contribution in [0.25, 0.3) is 11.5 Å². The summed E-state index contributed by atoms with van der Waals surface area (Å²) < 4.78 is 5.67. The van der Waals surface area contributed by atoms with E-state index in [0.717, 1.165) is 5.56 Å². The zero-order chi connectivity index (χ0) is 17.6. The molecule has 0 fully saturated rings. The number of benzene rings is 1. The topological polar surface area (TPSA) is 59.2 Å². The molecule has 0 aliphatic heterocycles. The first-order chi connectivity index (χ1) is 12.1. The van der Waals surface area contributed by atoms with Gasteiger partial charge in [0, 0.05) is 30.3 Å². The van der Waals surface area contributed by atoms with E-state index in [1.165, 1.54) is 4.88 Å². The van der Waals surface area contributed by atoms with Crippen molar-refractivity contribution in [3.63, 3.8) is 0 Å². The fraction of sp³-hybridized carbons (Fsp3) is 0.316. The fourth-order valence-corrected chi connectivity index (χ4v) is 3.38. The van der Waals surface area contributed by atoms with Gasteiger partial charge in [0.15, 0.2) is 0 Å². The average molecular weight is 355 g/mol. The lowest BCUT2D eigenvalue weighted by Crippen LogP contribution is -2.29. The molecule has 6 heteroatoms. The number of hydrogen-bond donors (Lipinski definition) is 0. The Morgan fingerprint density at radius 3 is 2.72 bits per heavy atom. The van der Waals surface area contributed by atoms with Crippen molar-refractivity contribution in [1.82, 2.24) is 15.1 Å². The van der Waals surface area contributed by atoms with Gasteiger partial charge in [-0.3, -0.25) is 4.79 Å². The predicted octanol–water partition coefficient (Wildman–Crippen LogP) is 4.34. The van der Waals surface area contributed by atoms with Crippen molar-refractivity contribution in [2.24, 2.45) is 0 Å². The van der Waals surface area contributed by atoms with Gasteiger partial charge in [0.05, 0.1) is 6.04 Å². The number of aromatic nitrogens is 2. The summed E-state index contributed by atoms with van der Waals surface area (Å²) in [4.78, 5) is 15.4. The highest BCUT2D eigenvalue weighted by molar-refractivity contribution is 7.10. The number of carbonyl (C=O) groups is 1. The van der Waals surface area contributed by atoms with E-state index in [1.807, 2.05) is 55.7 Å². The molecule has 130 valence electrons. The Balaban J connectivity index is 1.49. The summed E-state index contributed by atoms with van der Waals surface area (Å²) in [5.41, 5.74) is 0.904. The van der Waals surface area contributed by atoms with Gasteiger partial charge in [0.2, 0.25) is 17.7 Å². The second kappa shape index (κ2) is 8.07. The SMILES string of the molecule is CC(c1cccs1)N(C)C(=O)CCCc1nnc(-c2ccccc2)o1. The van der Waals surface area contributed by atoms with Crippen LogP contribution in [-0.2, 0) is 11.2 Å². The van der Waals surface area contributed by atoms with E-state index < -0.39 is 0 Å². The zero-order valence-corrected chi connectivity index (χ0v) is 15.2. The maximum atomic E-state index is 12.4. The van der Waals surface area contributed by atoms with E-state index in [-0.39, 0.29) is 11.9 Å². The van der Waals surface area contributed by atoms with Gasteiger partial charge in [-0.2, -0.15) is 0 Å². The second-order valence-corrected chi connectivity index (χ2v) is 6.90. The third kappa shape index (κ3) is 4.33. The lowest BCUT2D eigenvalue weighted by Gasteiger charge is -2.24. The quantitative estimate of drug-likeness (QED) is 0.632. The molecule has 0 aliphatic carbocycles. The first kappa shape index (κ1) is 17.4. The Labute approximate surface area is 151 Å². The van der Waals surface area contributed by atoms with Crippen LogP contribution >= 0.6 is 11.3 Å². The molecule has 1 atom stereocenters. The van der Waals surface area contributed by atoms with Crippen molar-refractivity contribution in [3.05, 3.63) is 58.6 Å². The molecule has 1 unspecified atom stereocenters. The third-order valence-electron chi connectivity index (χ3n) is 4.20. The minimum Gasteiger partial charge on any atom is -0.421 e. The van der Waals surface area contributed by atoms with Crippen LogP contribution in [0.3, 0.4) is 0 Å². The van der Waals surface area contributed by atoms with Gasteiger partial charge >= 0.3 is 0 Å². The normalized spacial score (nSPS) is 12.1. The largest absolute Gasteiger partial charge is 0.421 e. The average Bonchev–Trinajstić information content (AvgIpc) is 3.33. The van der Waals surface area contributed by atoms with Crippen LogP contribution in [0, 0.1) is 0 Å². The summed E-state index contributed by atoms with van der Waals surface area (Å²) in [5.74, 6) is 1.22. The Hall–Kier alpha value is -2.47. The number of nitrogens with zero attached hydrogens (tertiary/aromatic N) is 3. The van der Waals surface area contributed by atoms with E-state index in [0.29, 0.717) is 31.0 Å². The standard InChI is InChI=1S/C19H21N3O2S/c1-14(16-10-7-13-25-16)22(2)18(23)12-6-11-17-20-21-19(24-17)15-8-4-3-5-9-15/h3-5,7-10,13-14H,6,11-12H2,1-2H3. The Morgan fingerprint density at radius 2 is 2.00 bits per heavy atom. The molecule has 0 N–H and O–H groups in total. The summed E-state index contributed by atoms with van der Waals surface area (Å²) in [5, 5.41) is 10.2. The molecule has 25 heavy (non-hydrogen) atoms. The lowest BCUT2D eigenvalue weighted by molar-refractivity contribution is -0.131. The molecule has 0 aliphatic rings. The number of rotatable bonds is 7. The number of amides is 1. The van der Waals surface area contributed by atoms with Crippen LogP contribution in [-0.4, -0.2) is 28.1 Å². The molecule has 0 saturated heterocycles. The molecule has 3 rings (SSSR count). The first-order valence-corrected chi connectivity index (χ1v) is 9.20. The van der Waals surface area contributed by atoms with Crippen LogP contribution in [0.5, 0.6) is 0 Å². The molecule has 0 spiro atoms. The van der Waals surface area contributed by atoms with E-state index in [2.05, 4.69) is 16.3 Å². The Bertz CT molecular complexity index is 799. The highest BCUT2D eigenvalue weighted by atomic mass is 32.1. The molecule has 5 nitrogen and oxygen atoms in total. The molecule has 1 amide bonds. The Kier molecular flexibility index (Phi) is 5.60. The molecular weight excluding hydrogens is 334 g/mol. The summed E-state index contributed by atoms with van der Waals surface area (Å²) in [6, 6.07) is 13.8. The van der Waals surface area contributed by atoms with Gasteiger partial charge in [-0.05, 0) is 36.9 Å². The molecular formula is C19H21N3O2S. The number of hydrogen-bond acceptors (Lipinski definition) is 5. The van der Waals surface area contributed by atoms with E-state index in [9.17, 15) is 4.79 Å². The fourth-order valence-electron chi connectivity index (χ4n) is 2.56. The summed E-state index contributed by atoms with van der Waals surface area (Å²) in [6.45, 7) is 2.05. The maximum absolute atomic E-state index is 12.4. The van der Waals surface area contributed by atoms with Crippen LogP contribution in [0.2, 0.25) is 0 Å². The minimum absolute atomic E-state index is 0.0978. The van der Waals surface area contributed by atoms with Gasteiger partial charge in [0.25, 0.3) is 0 Å². The summed E-state index contributed by atoms with van der Waals surface area (Å²) >= 11 is 1.67. The maximum Gasteiger partial charge on any atom is 0.247 e. The number of thiophene rings is 1. The van der Waals surface area contributed by atoms with Crippen molar-refractivity contribution in [2.75, 3.05) is 7.05 Å². The van der Waals surface area contributed by atoms with Crippen molar-refractivity contribution in [3.8, 4) is 11.5 Å². The molecule has 1 aromatic carbocycles. The van der Waals surface area contributed by atoms with Crippen molar-refractivity contribution < 1.29 is 9.21 Å². The lowest BCUT2D eigenvalue weighted by atomic mass is 10.2. The molecule has 0 bridgehead atoms. The molecule has 0 radical (unpaired) electrons. The third-order valence-corrected chi connectivity index (χ3v) is 5.24. The van der Waals surface area contributed by atoms with Crippen molar-refractivity contribution >= 4 is 17.2 Å². The molecule has 0 saturated carbocycles. The van der Waals surface area contributed by atoms with Gasteiger partial charge in [-0.15, -0.1) is 21.5 Å². The molecule has 2 heterocycles. The Morgan fingerprint density at radius 1 is 1.20 bits per heavy atom. The first-order valence-electron chi connectivity index (χ1n) is 8.32. The van der Waals surface area contributed by atoms with Gasteiger partial charge < -0.3 is 9.32 Å². The minimum atomic E-state index is 0.0978. The van der Waals surface area contributed by atoms with Crippen LogP contribution in [0.15, 0.2) is 52.3 Å². The highest BCUT2D eigenvalue weighted by Gasteiger charge is 2.18. The van der Waals surface area contributed by atoms with E-state index >= 15 is 0 Å². The van der Waals surface area contributed by atoms with Gasteiger partial charge in [0.1, 0.15) is 0 Å². The van der Waals surface area contributed by atoms with Crippen molar-refractivity contribution in [1.29, 1.82) is 0 Å². The molecule has 3 aromatic rings. The van der Waals surface area contributed by atoms with Crippen LogP contribution in [0.4, 0.5) is 0 Å². The van der Waals surface area contributed by atoms with E-state index in [1.54, 1.807) is 16.2 Å². The summed E-state index contributed by atoms with van der Waals surface area (Å²) in [7, 11) is 1.85. The molecule has 2 aromatic heterocycles. The highest BCUT2D eigenvalue weighted by Crippen LogP contribution is 2.24.